The molecule has 2 aromatic rings. The van der Waals surface area contributed by atoms with Crippen LogP contribution in [0.15, 0.2) is 12.4 Å². The van der Waals surface area contributed by atoms with E-state index in [1.165, 1.54) is 6.33 Å². The van der Waals surface area contributed by atoms with Crippen molar-refractivity contribution in [2.45, 2.75) is 52.3 Å². The summed E-state index contributed by atoms with van der Waals surface area (Å²) in [5, 5.41) is 6.82. The summed E-state index contributed by atoms with van der Waals surface area (Å²) >= 11 is 0. The van der Waals surface area contributed by atoms with Crippen LogP contribution in [0.3, 0.4) is 0 Å². The smallest absolute Gasteiger partial charge is 0.256 e. The van der Waals surface area contributed by atoms with Crippen molar-refractivity contribution in [1.82, 2.24) is 24.6 Å². The number of H-pyrrole nitrogens is 1. The molecule has 0 unspecified atom stereocenters. The maximum atomic E-state index is 13.2. The van der Waals surface area contributed by atoms with E-state index in [0.717, 1.165) is 23.4 Å². The van der Waals surface area contributed by atoms with Crippen LogP contribution in [0.2, 0.25) is 0 Å². The first-order valence-corrected chi connectivity index (χ1v) is 8.31. The number of likely N-dealkylation sites (tertiary alicyclic amines) is 1. The molecule has 1 saturated heterocycles. The number of rotatable bonds is 4. The second-order valence-corrected chi connectivity index (χ2v) is 6.69. The maximum absolute atomic E-state index is 13.2. The van der Waals surface area contributed by atoms with Crippen LogP contribution in [0.4, 0.5) is 0 Å². The molecule has 3 rings (SSSR count). The quantitative estimate of drug-likeness (QED) is 0.933. The Morgan fingerprint density at radius 2 is 2.17 bits per heavy atom. The van der Waals surface area contributed by atoms with Crippen molar-refractivity contribution in [2.75, 3.05) is 13.7 Å². The molecule has 0 spiro atoms. The fourth-order valence-corrected chi connectivity index (χ4v) is 3.77. The van der Waals surface area contributed by atoms with Crippen molar-refractivity contribution in [1.29, 1.82) is 0 Å². The first-order chi connectivity index (χ1) is 11.4. The van der Waals surface area contributed by atoms with E-state index in [-0.39, 0.29) is 18.1 Å². The van der Waals surface area contributed by atoms with E-state index in [0.29, 0.717) is 18.4 Å². The Kier molecular flexibility index (Phi) is 4.45. The Bertz CT molecular complexity index is 720. The number of methoxy groups -OCH3 is 1. The van der Waals surface area contributed by atoms with E-state index in [4.69, 9.17) is 4.74 Å². The summed E-state index contributed by atoms with van der Waals surface area (Å²) in [5.74, 6) is 0.733. The Labute approximate surface area is 142 Å². The third kappa shape index (κ3) is 2.73. The number of amides is 1. The van der Waals surface area contributed by atoms with E-state index in [1.807, 2.05) is 24.8 Å². The number of hydrogen-bond donors (Lipinski definition) is 1. The van der Waals surface area contributed by atoms with Crippen LogP contribution in [0, 0.1) is 13.8 Å². The van der Waals surface area contributed by atoms with Gasteiger partial charge >= 0.3 is 0 Å². The van der Waals surface area contributed by atoms with E-state index in [9.17, 15) is 4.79 Å². The first kappa shape index (κ1) is 16.7. The average Bonchev–Trinajstić information content (AvgIpc) is 3.24. The van der Waals surface area contributed by atoms with Crippen LogP contribution in [0.25, 0.3) is 0 Å². The third-order valence-corrected chi connectivity index (χ3v) is 4.84. The molecule has 1 fully saturated rings. The second kappa shape index (κ2) is 6.39. The van der Waals surface area contributed by atoms with Gasteiger partial charge in [-0.2, -0.15) is 5.10 Å². The molecule has 130 valence electrons. The van der Waals surface area contributed by atoms with Crippen molar-refractivity contribution >= 4 is 5.91 Å². The minimum absolute atomic E-state index is 0.0117. The van der Waals surface area contributed by atoms with Gasteiger partial charge in [-0.1, -0.05) is 0 Å². The summed E-state index contributed by atoms with van der Waals surface area (Å²) in [6, 6.07) is 2.17. The monoisotopic (exact) mass is 331 g/mol. The summed E-state index contributed by atoms with van der Waals surface area (Å²) in [5.41, 5.74) is 2.86. The van der Waals surface area contributed by atoms with Crippen LogP contribution < -0.4 is 0 Å². The Morgan fingerprint density at radius 3 is 2.71 bits per heavy atom. The molecule has 0 saturated carbocycles. The van der Waals surface area contributed by atoms with Crippen LogP contribution in [0.1, 0.15) is 59.9 Å². The highest BCUT2D eigenvalue weighted by molar-refractivity contribution is 5.96. The molecule has 24 heavy (non-hydrogen) atoms. The zero-order chi connectivity index (χ0) is 17.4. The van der Waals surface area contributed by atoms with E-state index >= 15 is 0 Å². The van der Waals surface area contributed by atoms with Gasteiger partial charge < -0.3 is 14.2 Å². The average molecular weight is 331 g/mol. The van der Waals surface area contributed by atoms with E-state index < -0.39 is 0 Å². The van der Waals surface area contributed by atoms with Crippen LogP contribution in [0.5, 0.6) is 0 Å². The molecule has 1 aliphatic heterocycles. The lowest BCUT2D eigenvalue weighted by atomic mass is 10.1. The maximum Gasteiger partial charge on any atom is 0.256 e. The predicted octanol–water partition coefficient (Wildman–Crippen LogP) is 2.41. The number of ether oxygens (including phenoxy) is 1. The van der Waals surface area contributed by atoms with Crippen molar-refractivity contribution < 1.29 is 9.53 Å². The normalized spacial score (nSPS) is 21.0. The van der Waals surface area contributed by atoms with Crippen LogP contribution >= 0.6 is 0 Å². The molecule has 7 nitrogen and oxygen atoms in total. The summed E-state index contributed by atoms with van der Waals surface area (Å²) < 4.78 is 7.69. The summed E-state index contributed by atoms with van der Waals surface area (Å²) in [4.78, 5) is 19.3. The van der Waals surface area contributed by atoms with Crippen LogP contribution in [-0.2, 0) is 4.74 Å². The fourth-order valence-electron chi connectivity index (χ4n) is 3.77. The highest BCUT2D eigenvalue weighted by atomic mass is 16.5. The molecular weight excluding hydrogens is 306 g/mol. The summed E-state index contributed by atoms with van der Waals surface area (Å²) in [7, 11) is 1.68. The number of aromatic nitrogens is 4. The number of carbonyl (C=O) groups excluding carboxylic acids is 1. The topological polar surface area (TPSA) is 76.0 Å². The molecule has 0 radical (unpaired) electrons. The van der Waals surface area contributed by atoms with Crippen molar-refractivity contribution in [2.24, 2.45) is 0 Å². The third-order valence-electron chi connectivity index (χ3n) is 4.84. The van der Waals surface area contributed by atoms with Gasteiger partial charge in [-0.3, -0.25) is 9.89 Å². The molecule has 7 heteroatoms. The molecule has 0 aromatic carbocycles. The van der Waals surface area contributed by atoms with Crippen molar-refractivity contribution in [3.05, 3.63) is 35.2 Å². The fraction of sp³-hybridized carbons (Fsp3) is 0.588. The van der Waals surface area contributed by atoms with Gasteiger partial charge in [0.15, 0.2) is 0 Å². The molecule has 2 aromatic heterocycles. The first-order valence-electron chi connectivity index (χ1n) is 8.31. The minimum atomic E-state index is -0.132. The number of hydrogen-bond acceptors (Lipinski definition) is 4. The Hall–Kier alpha value is -2.15. The molecule has 1 aliphatic rings. The highest BCUT2D eigenvalue weighted by Gasteiger charge is 2.39. The summed E-state index contributed by atoms with van der Waals surface area (Å²) in [6.07, 6.45) is 2.21. The van der Waals surface area contributed by atoms with Gasteiger partial charge in [-0.25, -0.2) is 4.98 Å². The SMILES string of the molecule is CO[C@@H]1C[C@@H](c2ncn[nH]2)N(C(=O)c2cc(C)n(C(C)C)c2C)C1. The molecule has 0 bridgehead atoms. The largest absolute Gasteiger partial charge is 0.380 e. The number of aromatic amines is 1. The van der Waals surface area contributed by atoms with Gasteiger partial charge in [-0.15, -0.1) is 0 Å². The Balaban J connectivity index is 1.95. The number of nitrogens with zero attached hydrogens (tertiary/aromatic N) is 4. The number of carbonyl (C=O) groups is 1. The minimum Gasteiger partial charge on any atom is -0.380 e. The Morgan fingerprint density at radius 1 is 1.42 bits per heavy atom. The van der Waals surface area contributed by atoms with Gasteiger partial charge in [0, 0.05) is 37.5 Å². The summed E-state index contributed by atoms with van der Waals surface area (Å²) in [6.45, 7) is 8.87. The van der Waals surface area contributed by atoms with Crippen LogP contribution in [-0.4, -0.2) is 50.3 Å². The zero-order valence-corrected chi connectivity index (χ0v) is 14.9. The zero-order valence-electron chi connectivity index (χ0n) is 14.9. The molecular formula is C17H25N5O2. The van der Waals surface area contributed by atoms with Gasteiger partial charge in [0.1, 0.15) is 12.2 Å². The molecule has 3 heterocycles. The number of nitrogens with one attached hydrogen (secondary N) is 1. The molecule has 2 atom stereocenters. The van der Waals surface area contributed by atoms with Gasteiger partial charge in [0.2, 0.25) is 0 Å². The van der Waals surface area contributed by atoms with Gasteiger partial charge in [0.25, 0.3) is 5.91 Å². The lowest BCUT2D eigenvalue weighted by molar-refractivity contribution is 0.0683. The number of aryl methyl sites for hydroxylation is 1. The van der Waals surface area contributed by atoms with Gasteiger partial charge in [-0.05, 0) is 33.8 Å². The van der Waals surface area contributed by atoms with Crippen molar-refractivity contribution in [3.63, 3.8) is 0 Å². The standard InChI is InChI=1S/C17H25N5O2/c1-10(2)22-11(3)6-14(12(22)4)17(23)21-8-13(24-5)7-15(21)16-18-9-19-20-16/h6,9-10,13,15H,7-8H2,1-5H3,(H,18,19,20)/t13-,15+/m1/s1. The van der Waals surface area contributed by atoms with Gasteiger partial charge in [0.05, 0.1) is 17.7 Å². The van der Waals surface area contributed by atoms with E-state index in [1.54, 1.807) is 7.11 Å². The molecule has 1 N–H and O–H groups in total. The van der Waals surface area contributed by atoms with Crippen molar-refractivity contribution in [3.8, 4) is 0 Å². The molecule has 1 amide bonds. The van der Waals surface area contributed by atoms with E-state index in [2.05, 4.69) is 33.6 Å². The second-order valence-electron chi connectivity index (χ2n) is 6.69. The molecule has 0 aliphatic carbocycles. The lowest BCUT2D eigenvalue weighted by Crippen LogP contribution is -2.32. The predicted molar refractivity (Wildman–Crippen MR) is 89.9 cm³/mol. The lowest BCUT2D eigenvalue weighted by Gasteiger charge is -2.23. The highest BCUT2D eigenvalue weighted by Crippen LogP contribution is 2.33.